The first-order valence-corrected chi connectivity index (χ1v) is 11.6. The first kappa shape index (κ1) is 20.3. The van der Waals surface area contributed by atoms with Gasteiger partial charge in [0, 0.05) is 18.2 Å². The maximum atomic E-state index is 12.7. The van der Waals surface area contributed by atoms with Crippen molar-refractivity contribution in [2.75, 3.05) is 5.32 Å². The number of hydrogen-bond donors (Lipinski definition) is 2. The number of sulfonamides is 1. The zero-order valence-corrected chi connectivity index (χ0v) is 17.4. The molecule has 6 heteroatoms. The summed E-state index contributed by atoms with van der Waals surface area (Å²) in [6.45, 7) is 6.15. The van der Waals surface area contributed by atoms with Gasteiger partial charge in [0.15, 0.2) is 0 Å². The van der Waals surface area contributed by atoms with Gasteiger partial charge in [0.05, 0.1) is 4.90 Å². The van der Waals surface area contributed by atoms with Crippen molar-refractivity contribution in [2.45, 2.75) is 70.2 Å². The molecule has 2 aliphatic carbocycles. The van der Waals surface area contributed by atoms with E-state index in [2.05, 4.69) is 23.9 Å². The van der Waals surface area contributed by atoms with Crippen LogP contribution in [0.5, 0.6) is 0 Å². The highest BCUT2D eigenvalue weighted by Crippen LogP contribution is 2.49. The standard InChI is InChI=1S/C21H32N2O3S/c1-14(2)4-11-21(24)22-18-7-9-19(10-8-18)27(25,26)23-15(3)20-13-16-5-6-17(20)12-16/h7-10,14-17,20,23H,4-6,11-13H2,1-3H3,(H,22,24). The van der Waals surface area contributed by atoms with Crippen LogP contribution in [-0.4, -0.2) is 20.4 Å². The average molecular weight is 393 g/mol. The molecule has 1 aromatic rings. The van der Waals surface area contributed by atoms with Gasteiger partial charge in [0.2, 0.25) is 15.9 Å². The van der Waals surface area contributed by atoms with E-state index in [1.54, 1.807) is 24.3 Å². The van der Waals surface area contributed by atoms with E-state index in [0.29, 0.717) is 29.9 Å². The van der Waals surface area contributed by atoms with Crippen LogP contribution >= 0.6 is 0 Å². The minimum atomic E-state index is -3.54. The van der Waals surface area contributed by atoms with Crippen molar-refractivity contribution < 1.29 is 13.2 Å². The van der Waals surface area contributed by atoms with E-state index in [0.717, 1.165) is 18.8 Å². The molecule has 2 aliphatic rings. The molecule has 0 aliphatic heterocycles. The summed E-state index contributed by atoms with van der Waals surface area (Å²) in [5.41, 5.74) is 0.629. The molecule has 2 N–H and O–H groups in total. The smallest absolute Gasteiger partial charge is 0.240 e. The third-order valence-electron chi connectivity index (χ3n) is 6.17. The Bertz CT molecular complexity index is 758. The van der Waals surface area contributed by atoms with Crippen molar-refractivity contribution in [1.29, 1.82) is 0 Å². The molecule has 4 atom stereocenters. The zero-order valence-electron chi connectivity index (χ0n) is 16.6. The molecule has 27 heavy (non-hydrogen) atoms. The number of nitrogens with one attached hydrogen (secondary N) is 2. The van der Waals surface area contributed by atoms with Crippen LogP contribution in [0.25, 0.3) is 0 Å². The molecular weight excluding hydrogens is 360 g/mol. The average Bonchev–Trinajstić information content (AvgIpc) is 3.23. The fourth-order valence-corrected chi connectivity index (χ4v) is 5.96. The van der Waals surface area contributed by atoms with Gasteiger partial charge < -0.3 is 5.32 Å². The summed E-state index contributed by atoms with van der Waals surface area (Å²) in [4.78, 5) is 12.2. The number of rotatable bonds is 8. The van der Waals surface area contributed by atoms with Crippen molar-refractivity contribution in [1.82, 2.24) is 4.72 Å². The molecule has 1 aromatic carbocycles. The largest absolute Gasteiger partial charge is 0.326 e. The molecule has 1 amide bonds. The Kier molecular flexibility index (Phi) is 6.26. The normalized spacial score (nSPS) is 25.7. The Morgan fingerprint density at radius 1 is 1.11 bits per heavy atom. The Morgan fingerprint density at radius 2 is 1.81 bits per heavy atom. The topological polar surface area (TPSA) is 75.3 Å². The van der Waals surface area contributed by atoms with Gasteiger partial charge in [-0.1, -0.05) is 20.3 Å². The van der Waals surface area contributed by atoms with Crippen LogP contribution in [0.4, 0.5) is 5.69 Å². The van der Waals surface area contributed by atoms with Crippen LogP contribution in [-0.2, 0) is 14.8 Å². The van der Waals surface area contributed by atoms with Crippen LogP contribution < -0.4 is 10.0 Å². The van der Waals surface area contributed by atoms with Crippen molar-refractivity contribution in [3.63, 3.8) is 0 Å². The summed E-state index contributed by atoms with van der Waals surface area (Å²) in [6, 6.07) is 6.40. The Hall–Kier alpha value is -1.40. The van der Waals surface area contributed by atoms with Gasteiger partial charge in [0.25, 0.3) is 0 Å². The Balaban J connectivity index is 1.57. The van der Waals surface area contributed by atoms with Crippen molar-refractivity contribution in [3.05, 3.63) is 24.3 Å². The van der Waals surface area contributed by atoms with Crippen LogP contribution in [0, 0.1) is 23.7 Å². The molecule has 0 saturated heterocycles. The van der Waals surface area contributed by atoms with Crippen LogP contribution in [0.3, 0.4) is 0 Å². The molecule has 4 unspecified atom stereocenters. The van der Waals surface area contributed by atoms with E-state index < -0.39 is 10.0 Å². The number of hydrogen-bond acceptors (Lipinski definition) is 3. The van der Waals surface area contributed by atoms with E-state index in [9.17, 15) is 13.2 Å². The van der Waals surface area contributed by atoms with Crippen LogP contribution in [0.15, 0.2) is 29.2 Å². The molecule has 150 valence electrons. The quantitative estimate of drug-likeness (QED) is 0.697. The summed E-state index contributed by atoms with van der Waals surface area (Å²) < 4.78 is 28.3. The summed E-state index contributed by atoms with van der Waals surface area (Å²) in [5.74, 6) is 2.37. The third-order valence-corrected chi connectivity index (χ3v) is 7.75. The van der Waals surface area contributed by atoms with Gasteiger partial charge in [-0.2, -0.15) is 0 Å². The van der Waals surface area contributed by atoms with E-state index >= 15 is 0 Å². The lowest BCUT2D eigenvalue weighted by molar-refractivity contribution is -0.116. The molecule has 2 saturated carbocycles. The van der Waals surface area contributed by atoms with Crippen LogP contribution in [0.1, 0.15) is 59.3 Å². The molecular formula is C21H32N2O3S. The summed E-state index contributed by atoms with van der Waals surface area (Å²) in [7, 11) is -3.54. The second kappa shape index (κ2) is 8.31. The lowest BCUT2D eigenvalue weighted by Crippen LogP contribution is -2.40. The monoisotopic (exact) mass is 392 g/mol. The Morgan fingerprint density at radius 3 is 2.37 bits per heavy atom. The summed E-state index contributed by atoms with van der Waals surface area (Å²) in [6.07, 6.45) is 6.28. The van der Waals surface area contributed by atoms with E-state index in [-0.39, 0.29) is 16.8 Å². The highest BCUT2D eigenvalue weighted by molar-refractivity contribution is 7.89. The molecule has 2 fully saturated rings. The van der Waals surface area contributed by atoms with Gasteiger partial charge >= 0.3 is 0 Å². The second-order valence-electron chi connectivity index (χ2n) is 8.75. The summed E-state index contributed by atoms with van der Waals surface area (Å²) >= 11 is 0. The Labute approximate surface area is 163 Å². The maximum Gasteiger partial charge on any atom is 0.240 e. The first-order valence-electron chi connectivity index (χ1n) is 10.2. The van der Waals surface area contributed by atoms with Crippen molar-refractivity contribution in [3.8, 4) is 0 Å². The number of anilines is 1. The molecule has 5 nitrogen and oxygen atoms in total. The van der Waals surface area contributed by atoms with Gasteiger partial charge in [-0.15, -0.1) is 0 Å². The minimum absolute atomic E-state index is 0.0395. The highest BCUT2D eigenvalue weighted by Gasteiger charge is 2.42. The second-order valence-corrected chi connectivity index (χ2v) is 10.5. The number of carbonyl (C=O) groups excluding carboxylic acids is 1. The third kappa shape index (κ3) is 5.11. The molecule has 2 bridgehead atoms. The van der Waals surface area contributed by atoms with Gasteiger partial charge in [0.1, 0.15) is 0 Å². The molecule has 0 heterocycles. The lowest BCUT2D eigenvalue weighted by Gasteiger charge is -2.28. The van der Waals surface area contributed by atoms with Gasteiger partial charge in [-0.05, 0) is 80.5 Å². The fourth-order valence-electron chi connectivity index (χ4n) is 4.67. The van der Waals surface area contributed by atoms with Crippen LogP contribution in [0.2, 0.25) is 0 Å². The lowest BCUT2D eigenvalue weighted by atomic mass is 9.84. The molecule has 0 radical (unpaired) electrons. The SMILES string of the molecule is CC(C)CCC(=O)Nc1ccc(S(=O)(=O)NC(C)C2CC3CCC2C3)cc1. The maximum absolute atomic E-state index is 12.7. The zero-order chi connectivity index (χ0) is 19.6. The number of benzene rings is 1. The van der Waals surface area contributed by atoms with Gasteiger partial charge in [-0.25, -0.2) is 13.1 Å². The highest BCUT2D eigenvalue weighted by atomic mass is 32.2. The number of fused-ring (bicyclic) bond motifs is 2. The van der Waals surface area contributed by atoms with E-state index in [4.69, 9.17) is 0 Å². The molecule has 0 aromatic heterocycles. The van der Waals surface area contributed by atoms with E-state index in [1.165, 1.54) is 19.3 Å². The van der Waals surface area contributed by atoms with Crippen molar-refractivity contribution >= 4 is 21.6 Å². The van der Waals surface area contributed by atoms with E-state index in [1.807, 2.05) is 6.92 Å². The van der Waals surface area contributed by atoms with Gasteiger partial charge in [-0.3, -0.25) is 4.79 Å². The summed E-state index contributed by atoms with van der Waals surface area (Å²) in [5, 5.41) is 2.83. The first-order chi connectivity index (χ1) is 12.7. The number of carbonyl (C=O) groups is 1. The minimum Gasteiger partial charge on any atom is -0.326 e. The predicted octanol–water partition coefficient (Wildman–Crippen LogP) is 4.16. The molecule has 0 spiro atoms. The number of amides is 1. The van der Waals surface area contributed by atoms with Crippen molar-refractivity contribution in [2.24, 2.45) is 23.7 Å². The predicted molar refractivity (Wildman–Crippen MR) is 108 cm³/mol. The fraction of sp³-hybridized carbons (Fsp3) is 0.667. The molecule has 3 rings (SSSR count).